The number of carbonyl (C=O) groups excluding carboxylic acids is 1. The number of benzene rings is 1. The van der Waals surface area contributed by atoms with E-state index in [9.17, 15) is 4.79 Å². The Morgan fingerprint density at radius 3 is 2.55 bits per heavy atom. The van der Waals surface area contributed by atoms with Crippen molar-refractivity contribution in [3.63, 3.8) is 0 Å². The van der Waals surface area contributed by atoms with Crippen molar-refractivity contribution in [3.05, 3.63) is 74.1 Å². The van der Waals surface area contributed by atoms with Crippen molar-refractivity contribution in [2.24, 2.45) is 0 Å². The van der Waals surface area contributed by atoms with E-state index < -0.39 is 0 Å². The van der Waals surface area contributed by atoms with Gasteiger partial charge in [-0.2, -0.15) is 0 Å². The van der Waals surface area contributed by atoms with Crippen LogP contribution in [-0.2, 0) is 17.8 Å². The fourth-order valence-corrected chi connectivity index (χ4v) is 5.86. The molecular formula is C23H28N3OS2+. The SMILES string of the molecule is CN(Cc1ccc(N(C)C)cc1)C(=O)C[NH+]1CCc2sccc2[C@H]1c1cccs1. The lowest BCUT2D eigenvalue weighted by Gasteiger charge is -2.32. The van der Waals surface area contributed by atoms with Gasteiger partial charge < -0.3 is 14.7 Å². The van der Waals surface area contributed by atoms with Crippen molar-refractivity contribution in [2.75, 3.05) is 39.1 Å². The van der Waals surface area contributed by atoms with Crippen LogP contribution < -0.4 is 9.80 Å². The number of quaternary nitrogens is 1. The maximum Gasteiger partial charge on any atom is 0.277 e. The second-order valence-electron chi connectivity index (χ2n) is 7.89. The van der Waals surface area contributed by atoms with E-state index >= 15 is 0 Å². The Labute approximate surface area is 181 Å². The van der Waals surface area contributed by atoms with Crippen LogP contribution in [0.1, 0.15) is 26.9 Å². The number of nitrogens with zero attached hydrogens (tertiary/aromatic N) is 2. The van der Waals surface area contributed by atoms with Gasteiger partial charge in [0.25, 0.3) is 5.91 Å². The summed E-state index contributed by atoms with van der Waals surface area (Å²) in [6, 6.07) is 15.3. The average molecular weight is 427 g/mol. The molecule has 0 bridgehead atoms. The second kappa shape index (κ2) is 8.69. The molecule has 0 spiro atoms. The molecule has 0 fully saturated rings. The Hall–Kier alpha value is -2.15. The number of anilines is 1. The Balaban J connectivity index is 1.45. The normalized spacial score (nSPS) is 18.3. The zero-order chi connectivity index (χ0) is 20.4. The van der Waals surface area contributed by atoms with Crippen LogP contribution in [0.2, 0.25) is 0 Å². The molecule has 152 valence electrons. The molecule has 2 aromatic heterocycles. The Morgan fingerprint density at radius 1 is 1.07 bits per heavy atom. The van der Waals surface area contributed by atoms with E-state index in [2.05, 4.69) is 58.1 Å². The van der Waals surface area contributed by atoms with Gasteiger partial charge >= 0.3 is 0 Å². The lowest BCUT2D eigenvalue weighted by Crippen LogP contribution is -3.14. The summed E-state index contributed by atoms with van der Waals surface area (Å²) in [5.74, 6) is 0.205. The van der Waals surface area contributed by atoms with Crippen LogP contribution in [-0.4, -0.2) is 45.0 Å². The Bertz CT molecular complexity index is 947. The van der Waals surface area contributed by atoms with Gasteiger partial charge in [0.1, 0.15) is 6.04 Å². The molecule has 0 saturated carbocycles. The first-order valence-electron chi connectivity index (χ1n) is 9.97. The molecule has 29 heavy (non-hydrogen) atoms. The van der Waals surface area contributed by atoms with Crippen molar-refractivity contribution in [3.8, 4) is 0 Å². The van der Waals surface area contributed by atoms with Gasteiger partial charge in [-0.05, 0) is 40.6 Å². The van der Waals surface area contributed by atoms with Gasteiger partial charge in [-0.3, -0.25) is 4.79 Å². The molecule has 1 aromatic carbocycles. The Kier molecular flexibility index (Phi) is 6.04. The quantitative estimate of drug-likeness (QED) is 0.656. The van der Waals surface area contributed by atoms with Gasteiger partial charge in [0, 0.05) is 50.2 Å². The molecular weight excluding hydrogens is 398 g/mol. The van der Waals surface area contributed by atoms with E-state index in [4.69, 9.17) is 0 Å². The number of likely N-dealkylation sites (N-methyl/N-ethyl adjacent to an activating group) is 1. The highest BCUT2D eigenvalue weighted by atomic mass is 32.1. The zero-order valence-corrected chi connectivity index (χ0v) is 18.9. The summed E-state index contributed by atoms with van der Waals surface area (Å²) >= 11 is 3.65. The highest BCUT2D eigenvalue weighted by molar-refractivity contribution is 7.10. The van der Waals surface area contributed by atoms with Crippen molar-refractivity contribution in [2.45, 2.75) is 19.0 Å². The van der Waals surface area contributed by atoms with E-state index in [1.807, 2.05) is 37.4 Å². The summed E-state index contributed by atoms with van der Waals surface area (Å²) in [5.41, 5.74) is 3.74. The number of amides is 1. The first-order valence-corrected chi connectivity index (χ1v) is 11.7. The number of carbonyl (C=O) groups is 1. The minimum Gasteiger partial charge on any atom is -0.378 e. The maximum atomic E-state index is 13.1. The smallest absolute Gasteiger partial charge is 0.277 e. The number of nitrogens with one attached hydrogen (secondary N) is 1. The van der Waals surface area contributed by atoms with Crippen LogP contribution >= 0.6 is 22.7 Å². The molecule has 0 aliphatic carbocycles. The van der Waals surface area contributed by atoms with E-state index in [-0.39, 0.29) is 11.9 Å². The van der Waals surface area contributed by atoms with Crippen LogP contribution in [0.5, 0.6) is 0 Å². The number of thiophene rings is 2. The van der Waals surface area contributed by atoms with Gasteiger partial charge in [-0.25, -0.2) is 0 Å². The molecule has 0 radical (unpaired) electrons. The summed E-state index contributed by atoms with van der Waals surface area (Å²) in [7, 11) is 5.99. The molecule has 1 aliphatic heterocycles. The van der Waals surface area contributed by atoms with Crippen LogP contribution in [0.25, 0.3) is 0 Å². The predicted molar refractivity (Wildman–Crippen MR) is 122 cm³/mol. The molecule has 6 heteroatoms. The van der Waals surface area contributed by atoms with Crippen molar-refractivity contribution in [1.82, 2.24) is 4.90 Å². The molecule has 0 saturated heterocycles. The third kappa shape index (κ3) is 4.39. The summed E-state index contributed by atoms with van der Waals surface area (Å²) in [5, 5.41) is 4.33. The minimum atomic E-state index is 0.205. The van der Waals surface area contributed by atoms with E-state index in [1.54, 1.807) is 11.3 Å². The average Bonchev–Trinajstić information content (AvgIpc) is 3.40. The van der Waals surface area contributed by atoms with Crippen LogP contribution in [0.15, 0.2) is 53.2 Å². The van der Waals surface area contributed by atoms with Gasteiger partial charge in [0.05, 0.1) is 11.4 Å². The number of hydrogen-bond donors (Lipinski definition) is 1. The molecule has 2 atom stereocenters. The number of rotatable bonds is 6. The third-order valence-electron chi connectivity index (χ3n) is 5.68. The van der Waals surface area contributed by atoms with Gasteiger partial charge in [0.15, 0.2) is 6.54 Å². The second-order valence-corrected chi connectivity index (χ2v) is 9.87. The molecule has 3 heterocycles. The van der Waals surface area contributed by atoms with Crippen molar-refractivity contribution in [1.29, 1.82) is 0 Å². The monoisotopic (exact) mass is 426 g/mol. The van der Waals surface area contributed by atoms with E-state index in [0.717, 1.165) is 18.5 Å². The molecule has 1 amide bonds. The largest absolute Gasteiger partial charge is 0.378 e. The molecule has 4 nitrogen and oxygen atoms in total. The number of fused-ring (bicyclic) bond motifs is 1. The molecule has 4 rings (SSSR count). The van der Waals surface area contributed by atoms with Crippen molar-refractivity contribution >= 4 is 34.3 Å². The van der Waals surface area contributed by atoms with Gasteiger partial charge in [-0.1, -0.05) is 18.2 Å². The summed E-state index contributed by atoms with van der Waals surface area (Å²) in [4.78, 5) is 21.2. The standard InChI is InChI=1S/C23H27N3OS2/c1-24(2)18-8-6-17(7-9-18)15-25(3)22(27)16-26-12-10-20-19(11-14-29-20)23(26)21-5-4-13-28-21/h4-9,11,13-14,23H,10,12,15-16H2,1-3H3/p+1/t23-/m0/s1. The van der Waals surface area contributed by atoms with Crippen molar-refractivity contribution < 1.29 is 9.69 Å². The first-order chi connectivity index (χ1) is 14.0. The summed E-state index contributed by atoms with van der Waals surface area (Å²) < 4.78 is 0. The topological polar surface area (TPSA) is 28.0 Å². The molecule has 1 aliphatic rings. The third-order valence-corrected chi connectivity index (χ3v) is 7.61. The molecule has 1 unspecified atom stereocenters. The molecule has 1 N–H and O–H groups in total. The molecule has 3 aromatic rings. The van der Waals surface area contributed by atoms with E-state index in [1.165, 1.54) is 25.9 Å². The summed E-state index contributed by atoms with van der Waals surface area (Å²) in [6.45, 7) is 2.19. The highest BCUT2D eigenvalue weighted by Gasteiger charge is 2.35. The zero-order valence-electron chi connectivity index (χ0n) is 17.2. The fourth-order valence-electron chi connectivity index (χ4n) is 4.04. The van der Waals surface area contributed by atoms with E-state index in [0.29, 0.717) is 13.1 Å². The first kappa shape index (κ1) is 20.1. The summed E-state index contributed by atoms with van der Waals surface area (Å²) in [6.07, 6.45) is 1.06. The maximum absolute atomic E-state index is 13.1. The van der Waals surface area contributed by atoms with Crippen LogP contribution in [0.3, 0.4) is 0 Å². The lowest BCUT2D eigenvalue weighted by molar-refractivity contribution is -0.919. The number of hydrogen-bond acceptors (Lipinski definition) is 4. The van der Waals surface area contributed by atoms with Gasteiger partial charge in [0.2, 0.25) is 0 Å². The lowest BCUT2D eigenvalue weighted by atomic mass is 9.98. The highest BCUT2D eigenvalue weighted by Crippen LogP contribution is 2.31. The van der Waals surface area contributed by atoms with Crippen LogP contribution in [0.4, 0.5) is 5.69 Å². The fraction of sp³-hybridized carbons (Fsp3) is 0.348. The predicted octanol–water partition coefficient (Wildman–Crippen LogP) is 3.06. The Morgan fingerprint density at radius 2 is 1.86 bits per heavy atom. The minimum absolute atomic E-state index is 0.205. The van der Waals surface area contributed by atoms with Crippen LogP contribution in [0, 0.1) is 0 Å². The van der Waals surface area contributed by atoms with Gasteiger partial charge in [-0.15, -0.1) is 22.7 Å².